The zero-order chi connectivity index (χ0) is 6.24. The second-order valence-corrected chi connectivity index (χ2v) is 1.13. The van der Waals surface area contributed by atoms with Gasteiger partial charge in [-0.2, -0.15) is 12.4 Å². The molecule has 1 rings (SSSR count). The molecule has 0 aliphatic heterocycles. The predicted molar refractivity (Wildman–Crippen MR) is 22.0 cm³/mol. The Balaban J connectivity index is 0.000000145. The molecule has 0 aliphatic carbocycles. The molecule has 1 nitrogen and oxygen atoms in total. The topological polar surface area (TPSA) is 14.1 Å². The van der Waals surface area contributed by atoms with Crippen LogP contribution >= 0.6 is 0 Å². The third-order valence-corrected chi connectivity index (χ3v) is 0.455. The van der Waals surface area contributed by atoms with Gasteiger partial charge in [-0.15, -0.1) is 0 Å². The Bertz CT molecular complexity index is 80.9. The van der Waals surface area contributed by atoms with Crippen LogP contribution in [0.25, 0.3) is 0 Å². The van der Waals surface area contributed by atoms with E-state index in [-0.39, 0.29) is 0 Å². The Morgan fingerprint density at radius 3 is 1.62 bits per heavy atom. The molecule has 0 fully saturated rings. The number of aromatic nitrogens is 1. The summed E-state index contributed by atoms with van der Waals surface area (Å²) in [7, 11) is 0. The van der Waals surface area contributed by atoms with E-state index in [1.807, 2.05) is 12.1 Å². The third kappa shape index (κ3) is 5.85. The minimum atomic E-state index is -2.50. The summed E-state index contributed by atoms with van der Waals surface area (Å²) in [6.45, 7) is 0. The summed E-state index contributed by atoms with van der Waals surface area (Å²) in [6.07, 6.45) is 3.50. The first-order valence-corrected chi connectivity index (χ1v) is 3.07. The summed E-state index contributed by atoms with van der Waals surface area (Å²) in [5, 5.41) is 0. The van der Waals surface area contributed by atoms with E-state index in [4.69, 9.17) is 0 Å². The van der Waals surface area contributed by atoms with Crippen LogP contribution in [-0.4, -0.2) is 0 Å². The van der Waals surface area contributed by atoms with Gasteiger partial charge in [0.25, 0.3) is 0 Å². The van der Waals surface area contributed by atoms with Gasteiger partial charge < -0.3 is 4.98 Å². The van der Waals surface area contributed by atoms with Gasteiger partial charge in [0.2, 0.25) is 0 Å². The molecule has 1 aromatic heterocycles. The molecular weight excluding hydrogens is 148 g/mol. The number of hydrogen-bond donors (Lipinski definition) is 0. The summed E-state index contributed by atoms with van der Waals surface area (Å²) < 4.78 is 19.5. The smallest absolute Gasteiger partial charge is 0.0860 e. The monoisotopic (exact) mass is 152 g/mol. The Labute approximate surface area is 56.4 Å². The second-order valence-electron chi connectivity index (χ2n) is 0.904. The minimum absolute atomic E-state index is 1.75. The van der Waals surface area contributed by atoms with Crippen molar-refractivity contribution in [3.8, 4) is 0 Å². The quantitative estimate of drug-likeness (QED) is 0.513. The Morgan fingerprint density at radius 1 is 1.12 bits per heavy atom. The van der Waals surface area contributed by atoms with E-state index >= 15 is 0 Å². The molecule has 4 heteroatoms. The number of nitrogens with zero attached hydrogens (tertiary/aromatic N) is 1. The molecule has 0 N–H and O–H groups in total. The molecule has 0 spiro atoms. The first-order chi connectivity index (χ1) is 3.91. The van der Waals surface area contributed by atoms with E-state index < -0.39 is 20.2 Å². The first-order valence-electron chi connectivity index (χ1n) is 1.89. The van der Waals surface area contributed by atoms with Crippen LogP contribution in [0.4, 0.5) is 6.18 Å². The van der Waals surface area contributed by atoms with Crippen LogP contribution in [0.1, 0.15) is 0 Å². The van der Waals surface area contributed by atoms with Crippen LogP contribution in [0.2, 0.25) is 0 Å². The van der Waals surface area contributed by atoms with E-state index in [1.165, 1.54) is 0 Å². The second kappa shape index (κ2) is 6.85. The van der Waals surface area contributed by atoms with E-state index in [1.54, 1.807) is 12.4 Å². The minimum Gasteiger partial charge on any atom is -0.670 e. The third-order valence-electron chi connectivity index (χ3n) is 0.455. The Hall–Kier alpha value is -0.146. The van der Waals surface area contributed by atoms with Crippen LogP contribution in [0, 0.1) is 0 Å². The average Bonchev–Trinajstić information content (AvgIpc) is 2.17. The van der Waals surface area contributed by atoms with Crippen LogP contribution in [0.3, 0.4) is 0 Å². The van der Waals surface area contributed by atoms with Gasteiger partial charge in [0.15, 0.2) is 0 Å². The largest absolute Gasteiger partial charge is 0.670 e. The van der Waals surface area contributed by atoms with Gasteiger partial charge >= 0.3 is 26.4 Å². The van der Waals surface area contributed by atoms with E-state index in [2.05, 4.69) is 4.98 Å². The molecule has 0 atom stereocenters. The maximum Gasteiger partial charge on any atom is -0.0860 e. The maximum atomic E-state index is 9.75. The first kappa shape index (κ1) is 7.85. The molecule has 8 heavy (non-hydrogen) atoms. The summed E-state index contributed by atoms with van der Waals surface area (Å²) in [5.41, 5.74) is 0. The molecule has 0 saturated carbocycles. The van der Waals surface area contributed by atoms with Gasteiger partial charge in [0, 0.05) is 0 Å². The molecule has 1 aromatic rings. The van der Waals surface area contributed by atoms with E-state index in [0.717, 1.165) is 0 Å². The fraction of sp³-hybridized carbons (Fsp3) is 0. The van der Waals surface area contributed by atoms with Crippen molar-refractivity contribution in [1.82, 2.24) is 4.98 Å². The molecule has 0 amide bonds. The molecule has 44 valence electrons. The summed E-state index contributed by atoms with van der Waals surface area (Å²) in [5.74, 6) is 0. The Kier molecular flexibility index (Phi) is 6.73. The van der Waals surface area contributed by atoms with Gasteiger partial charge in [-0.05, 0) is 0 Å². The number of rotatable bonds is 0. The predicted octanol–water partition coefficient (Wildman–Crippen LogP) is 1.48. The SMILES string of the molecule is [F][Ti][F].c1cc[n-]c1. The molecule has 0 aliphatic rings. The molecule has 1 heterocycles. The standard InChI is InChI=1S/C4H4N.2FH.Ti/c1-2-4-5-3-1;;;/h1-4H;2*1H;/q-1;;;+2/p-2. The molecule has 0 bridgehead atoms. The Morgan fingerprint density at radius 2 is 1.50 bits per heavy atom. The van der Waals surface area contributed by atoms with Crippen molar-refractivity contribution >= 4 is 0 Å². The molecule has 0 saturated heterocycles. The fourth-order valence-electron chi connectivity index (χ4n) is 0.248. The number of hydrogen-bond acceptors (Lipinski definition) is 0. The normalized spacial score (nSPS) is 6.75. The van der Waals surface area contributed by atoms with Crippen molar-refractivity contribution in [2.24, 2.45) is 0 Å². The van der Waals surface area contributed by atoms with Crippen molar-refractivity contribution in [2.75, 3.05) is 0 Å². The van der Waals surface area contributed by atoms with Crippen molar-refractivity contribution in [1.29, 1.82) is 0 Å². The van der Waals surface area contributed by atoms with Crippen LogP contribution < -0.4 is 4.98 Å². The van der Waals surface area contributed by atoms with Gasteiger partial charge in [-0.25, -0.2) is 0 Å². The van der Waals surface area contributed by atoms with Crippen molar-refractivity contribution in [2.45, 2.75) is 0 Å². The maximum absolute atomic E-state index is 9.75. The van der Waals surface area contributed by atoms with Crippen LogP contribution in [-0.2, 0) is 20.2 Å². The molecule has 0 unspecified atom stereocenters. The van der Waals surface area contributed by atoms with Gasteiger partial charge in [0.1, 0.15) is 0 Å². The summed E-state index contributed by atoms with van der Waals surface area (Å²) in [4.78, 5) is 3.72. The van der Waals surface area contributed by atoms with E-state index in [0.29, 0.717) is 0 Å². The zero-order valence-corrected chi connectivity index (χ0v) is 5.57. The molecular formula is C4H4F2NTi-. The van der Waals surface area contributed by atoms with E-state index in [9.17, 15) is 6.18 Å². The van der Waals surface area contributed by atoms with Gasteiger partial charge in [0.05, 0.1) is 0 Å². The number of halogens is 2. The molecule has 0 aromatic carbocycles. The van der Waals surface area contributed by atoms with Gasteiger partial charge in [-0.1, -0.05) is 12.1 Å². The van der Waals surface area contributed by atoms with Gasteiger partial charge in [-0.3, -0.25) is 0 Å². The fourth-order valence-corrected chi connectivity index (χ4v) is 0.248. The summed E-state index contributed by atoms with van der Waals surface area (Å²) in [6, 6.07) is 3.78. The van der Waals surface area contributed by atoms with Crippen molar-refractivity contribution in [3.05, 3.63) is 24.5 Å². The molecule has 0 radical (unpaired) electrons. The van der Waals surface area contributed by atoms with Crippen molar-refractivity contribution < 1.29 is 26.4 Å². The summed E-state index contributed by atoms with van der Waals surface area (Å²) >= 11 is -2.50. The van der Waals surface area contributed by atoms with Crippen LogP contribution in [0.15, 0.2) is 24.5 Å². The van der Waals surface area contributed by atoms with Crippen LogP contribution in [0.5, 0.6) is 0 Å². The van der Waals surface area contributed by atoms with Crippen molar-refractivity contribution in [3.63, 3.8) is 0 Å². The average molecular weight is 152 g/mol. The zero-order valence-electron chi connectivity index (χ0n) is 4.01.